The summed E-state index contributed by atoms with van der Waals surface area (Å²) in [5.41, 5.74) is -0.975. The van der Waals surface area contributed by atoms with Gasteiger partial charge in [0.1, 0.15) is 11.2 Å². The molecule has 0 aliphatic carbocycles. The fourth-order valence-electron chi connectivity index (χ4n) is 1.90. The Morgan fingerprint density at radius 3 is 1.21 bits per heavy atom. The summed E-state index contributed by atoms with van der Waals surface area (Å²) >= 11 is 0. The minimum absolute atomic E-state index is 0.415. The Kier molecular flexibility index (Phi) is 14.5. The Labute approximate surface area is 175 Å². The first-order chi connectivity index (χ1) is 13.5. The molecule has 0 atom stereocenters. The standard InChI is InChI=1S/C20H40N2O7/c1-19(2,3)28-17(23)21-9-7-11-25-13-15-27-16-14-26-12-8-10-22-18(24)29-20(4,5)6/h7-16H2,1-6H3,(H,21,23)(H,22,24). The van der Waals surface area contributed by atoms with Crippen LogP contribution in [0.1, 0.15) is 54.4 Å². The highest BCUT2D eigenvalue weighted by molar-refractivity contribution is 5.67. The molecule has 0 aromatic rings. The summed E-state index contributed by atoms with van der Waals surface area (Å²) in [6.45, 7) is 15.0. The second kappa shape index (κ2) is 15.3. The Bertz CT molecular complexity index is 405. The first-order valence-corrected chi connectivity index (χ1v) is 10.2. The van der Waals surface area contributed by atoms with Crippen molar-refractivity contribution in [1.82, 2.24) is 10.6 Å². The van der Waals surface area contributed by atoms with Crippen molar-refractivity contribution in [3.63, 3.8) is 0 Å². The lowest BCUT2D eigenvalue weighted by Gasteiger charge is -2.19. The first-order valence-electron chi connectivity index (χ1n) is 10.2. The molecule has 9 heteroatoms. The van der Waals surface area contributed by atoms with Crippen molar-refractivity contribution in [2.75, 3.05) is 52.7 Å². The van der Waals surface area contributed by atoms with Gasteiger partial charge >= 0.3 is 12.2 Å². The molecule has 0 fully saturated rings. The smallest absolute Gasteiger partial charge is 0.407 e. The molecule has 2 amide bonds. The van der Waals surface area contributed by atoms with Crippen LogP contribution in [0.4, 0.5) is 9.59 Å². The second-order valence-corrected chi connectivity index (χ2v) is 8.40. The molecule has 0 aliphatic rings. The molecule has 0 heterocycles. The predicted octanol–water partition coefficient (Wildman–Crippen LogP) is 2.87. The van der Waals surface area contributed by atoms with Crippen LogP contribution in [0.15, 0.2) is 0 Å². The molecule has 0 spiro atoms. The van der Waals surface area contributed by atoms with E-state index in [4.69, 9.17) is 23.7 Å². The van der Waals surface area contributed by atoms with Crippen molar-refractivity contribution in [3.8, 4) is 0 Å². The van der Waals surface area contributed by atoms with Gasteiger partial charge in [-0.2, -0.15) is 0 Å². The number of amides is 2. The van der Waals surface area contributed by atoms with E-state index in [1.165, 1.54) is 0 Å². The summed E-state index contributed by atoms with van der Waals surface area (Å²) in [4.78, 5) is 22.9. The van der Waals surface area contributed by atoms with Gasteiger partial charge in [-0.25, -0.2) is 9.59 Å². The molecule has 0 saturated heterocycles. The highest BCUT2D eigenvalue weighted by Gasteiger charge is 2.16. The number of carbonyl (C=O) groups excluding carboxylic acids is 2. The van der Waals surface area contributed by atoms with Crippen LogP contribution < -0.4 is 10.6 Å². The van der Waals surface area contributed by atoms with Gasteiger partial charge in [0.2, 0.25) is 0 Å². The van der Waals surface area contributed by atoms with E-state index in [9.17, 15) is 9.59 Å². The van der Waals surface area contributed by atoms with Gasteiger partial charge < -0.3 is 34.3 Å². The quantitative estimate of drug-likeness (QED) is 0.416. The van der Waals surface area contributed by atoms with Gasteiger partial charge in [-0.05, 0) is 54.4 Å². The second-order valence-electron chi connectivity index (χ2n) is 8.40. The zero-order valence-corrected chi connectivity index (χ0v) is 18.9. The Morgan fingerprint density at radius 2 is 0.897 bits per heavy atom. The third kappa shape index (κ3) is 22.6. The molecule has 0 aromatic carbocycles. The highest BCUT2D eigenvalue weighted by Crippen LogP contribution is 2.06. The molecule has 0 rings (SSSR count). The largest absolute Gasteiger partial charge is 0.444 e. The Balaban J connectivity index is 3.26. The molecule has 2 N–H and O–H groups in total. The number of alkyl carbamates (subject to hydrolysis) is 2. The maximum absolute atomic E-state index is 11.4. The van der Waals surface area contributed by atoms with Crippen LogP contribution in [-0.2, 0) is 23.7 Å². The molecular weight excluding hydrogens is 380 g/mol. The van der Waals surface area contributed by atoms with Gasteiger partial charge in [0.05, 0.1) is 26.4 Å². The van der Waals surface area contributed by atoms with Crippen molar-refractivity contribution >= 4 is 12.2 Å². The van der Waals surface area contributed by atoms with E-state index in [-0.39, 0.29) is 0 Å². The van der Waals surface area contributed by atoms with Crippen LogP contribution in [0.3, 0.4) is 0 Å². The van der Waals surface area contributed by atoms with Crippen molar-refractivity contribution in [2.45, 2.75) is 65.6 Å². The summed E-state index contributed by atoms with van der Waals surface area (Å²) < 4.78 is 26.5. The van der Waals surface area contributed by atoms with Gasteiger partial charge in [0, 0.05) is 26.3 Å². The molecule has 9 nitrogen and oxygen atoms in total. The van der Waals surface area contributed by atoms with Crippen molar-refractivity contribution in [3.05, 3.63) is 0 Å². The molecule has 29 heavy (non-hydrogen) atoms. The van der Waals surface area contributed by atoms with Crippen molar-refractivity contribution in [2.24, 2.45) is 0 Å². The number of hydrogen-bond donors (Lipinski definition) is 2. The fourth-order valence-corrected chi connectivity index (χ4v) is 1.90. The van der Waals surface area contributed by atoms with Gasteiger partial charge in [0.25, 0.3) is 0 Å². The molecule has 0 bridgehead atoms. The van der Waals surface area contributed by atoms with Crippen molar-refractivity contribution < 1.29 is 33.3 Å². The van der Waals surface area contributed by atoms with Gasteiger partial charge in [-0.1, -0.05) is 0 Å². The third-order valence-electron chi connectivity index (χ3n) is 3.01. The van der Waals surface area contributed by atoms with E-state index < -0.39 is 23.4 Å². The van der Waals surface area contributed by atoms with Crippen LogP contribution in [0, 0.1) is 0 Å². The summed E-state index contributed by atoms with van der Waals surface area (Å²) in [7, 11) is 0. The normalized spacial score (nSPS) is 11.8. The molecule has 0 saturated carbocycles. The lowest BCUT2D eigenvalue weighted by atomic mass is 10.2. The van der Waals surface area contributed by atoms with Crippen LogP contribution in [0.25, 0.3) is 0 Å². The minimum Gasteiger partial charge on any atom is -0.444 e. The van der Waals surface area contributed by atoms with E-state index in [1.54, 1.807) is 0 Å². The highest BCUT2D eigenvalue weighted by atomic mass is 16.6. The average molecular weight is 421 g/mol. The number of nitrogens with one attached hydrogen (secondary N) is 2. The first kappa shape index (κ1) is 27.4. The SMILES string of the molecule is CC(C)(C)OC(=O)NCCCOCCOCCOCCCNC(=O)OC(C)(C)C. The zero-order valence-electron chi connectivity index (χ0n) is 18.9. The fraction of sp³-hybridized carbons (Fsp3) is 0.900. The van der Waals surface area contributed by atoms with Gasteiger partial charge in [-0.3, -0.25) is 0 Å². The van der Waals surface area contributed by atoms with E-state index in [1.807, 2.05) is 41.5 Å². The van der Waals surface area contributed by atoms with Crippen molar-refractivity contribution in [1.29, 1.82) is 0 Å². The topological polar surface area (TPSA) is 104 Å². The third-order valence-corrected chi connectivity index (χ3v) is 3.01. The van der Waals surface area contributed by atoms with Crippen LogP contribution in [-0.4, -0.2) is 76.1 Å². The molecule has 0 unspecified atom stereocenters. The number of hydrogen-bond acceptors (Lipinski definition) is 7. The lowest BCUT2D eigenvalue weighted by molar-refractivity contribution is 0.0134. The summed E-state index contributed by atoms with van der Waals surface area (Å²) in [6.07, 6.45) is 0.585. The molecule has 0 aliphatic heterocycles. The van der Waals surface area contributed by atoms with Crippen LogP contribution >= 0.6 is 0 Å². The van der Waals surface area contributed by atoms with Crippen LogP contribution in [0.2, 0.25) is 0 Å². The van der Waals surface area contributed by atoms with E-state index >= 15 is 0 Å². The number of ether oxygens (including phenoxy) is 5. The van der Waals surface area contributed by atoms with Crippen LogP contribution in [0.5, 0.6) is 0 Å². The Hall–Kier alpha value is -1.58. The molecule has 0 radical (unpaired) electrons. The molecule has 0 aromatic heterocycles. The minimum atomic E-state index is -0.487. The average Bonchev–Trinajstić information content (AvgIpc) is 2.55. The Morgan fingerprint density at radius 1 is 0.586 bits per heavy atom. The van der Waals surface area contributed by atoms with E-state index in [0.29, 0.717) is 65.6 Å². The number of rotatable bonds is 14. The summed E-state index contributed by atoms with van der Waals surface area (Å²) in [5.74, 6) is 0. The van der Waals surface area contributed by atoms with E-state index in [0.717, 1.165) is 0 Å². The summed E-state index contributed by atoms with van der Waals surface area (Å²) in [5, 5.41) is 5.35. The lowest BCUT2D eigenvalue weighted by Crippen LogP contribution is -2.33. The van der Waals surface area contributed by atoms with E-state index in [2.05, 4.69) is 10.6 Å². The van der Waals surface area contributed by atoms with Gasteiger partial charge in [0.15, 0.2) is 0 Å². The van der Waals surface area contributed by atoms with Gasteiger partial charge in [-0.15, -0.1) is 0 Å². The molecular formula is C20H40N2O7. The predicted molar refractivity (Wildman–Crippen MR) is 110 cm³/mol. The monoisotopic (exact) mass is 420 g/mol. The molecule has 172 valence electrons. The summed E-state index contributed by atoms with van der Waals surface area (Å²) in [6, 6.07) is 0. The number of carbonyl (C=O) groups is 2. The maximum Gasteiger partial charge on any atom is 0.407 e. The zero-order chi connectivity index (χ0) is 22.2. The maximum atomic E-state index is 11.4.